The van der Waals surface area contributed by atoms with Crippen molar-refractivity contribution in [1.82, 2.24) is 13.9 Å². The quantitative estimate of drug-likeness (QED) is 0.657. The molecule has 1 aromatic heterocycles. The van der Waals surface area contributed by atoms with Gasteiger partial charge in [-0.2, -0.15) is 4.31 Å². The molecule has 1 heterocycles. The van der Waals surface area contributed by atoms with E-state index < -0.39 is 21.7 Å². The Morgan fingerprint density at radius 3 is 2.64 bits per heavy atom. The number of imidazole rings is 1. The second-order valence-corrected chi connectivity index (χ2v) is 8.24. The molecule has 2 aromatic carbocycles. The van der Waals surface area contributed by atoms with Gasteiger partial charge in [0, 0.05) is 31.7 Å². The Balaban J connectivity index is 1.64. The van der Waals surface area contributed by atoms with Gasteiger partial charge in [-0.15, -0.1) is 0 Å². The number of aromatic nitrogens is 2. The highest BCUT2D eigenvalue weighted by Gasteiger charge is 2.23. The Kier molecular flexibility index (Phi) is 5.86. The minimum absolute atomic E-state index is 0.0773. The SMILES string of the molecule is CN(CC(=O)Nc1cccc(Cn2ccnc2)c1)S(=O)(=O)c1ccc(F)cc1. The fourth-order valence-electron chi connectivity index (χ4n) is 2.61. The molecule has 0 saturated carbocycles. The number of hydrogen-bond donors (Lipinski definition) is 1. The van der Waals surface area contributed by atoms with Gasteiger partial charge in [0.2, 0.25) is 15.9 Å². The van der Waals surface area contributed by atoms with E-state index in [4.69, 9.17) is 0 Å². The van der Waals surface area contributed by atoms with E-state index in [-0.39, 0.29) is 11.4 Å². The highest BCUT2D eigenvalue weighted by molar-refractivity contribution is 7.89. The molecule has 0 bridgehead atoms. The van der Waals surface area contributed by atoms with Gasteiger partial charge < -0.3 is 9.88 Å². The molecule has 7 nitrogen and oxygen atoms in total. The van der Waals surface area contributed by atoms with E-state index >= 15 is 0 Å². The summed E-state index contributed by atoms with van der Waals surface area (Å²) in [5.74, 6) is -1.01. The number of hydrogen-bond acceptors (Lipinski definition) is 4. The number of nitrogens with one attached hydrogen (secondary N) is 1. The number of sulfonamides is 1. The van der Waals surface area contributed by atoms with Crippen LogP contribution in [0.15, 0.2) is 72.1 Å². The molecule has 0 saturated heterocycles. The summed E-state index contributed by atoms with van der Waals surface area (Å²) in [6.07, 6.45) is 5.21. The molecule has 0 aliphatic rings. The maximum atomic E-state index is 13.0. The average Bonchev–Trinajstić information content (AvgIpc) is 3.15. The van der Waals surface area contributed by atoms with E-state index in [1.165, 1.54) is 19.2 Å². The lowest BCUT2D eigenvalue weighted by Gasteiger charge is -2.17. The summed E-state index contributed by atoms with van der Waals surface area (Å²) in [4.78, 5) is 16.2. The second-order valence-electron chi connectivity index (χ2n) is 6.20. The van der Waals surface area contributed by atoms with Gasteiger partial charge in [0.1, 0.15) is 5.82 Å². The molecule has 146 valence electrons. The number of benzene rings is 2. The molecule has 3 rings (SSSR count). The molecule has 9 heteroatoms. The van der Waals surface area contributed by atoms with Crippen LogP contribution in [0.3, 0.4) is 0 Å². The van der Waals surface area contributed by atoms with Crippen molar-refractivity contribution < 1.29 is 17.6 Å². The van der Waals surface area contributed by atoms with E-state index in [1.807, 2.05) is 22.9 Å². The third-order valence-corrected chi connectivity index (χ3v) is 5.84. The summed E-state index contributed by atoms with van der Waals surface area (Å²) in [5, 5.41) is 2.70. The van der Waals surface area contributed by atoms with E-state index in [1.54, 1.807) is 24.7 Å². The normalized spacial score (nSPS) is 11.5. The van der Waals surface area contributed by atoms with Crippen LogP contribution in [0.5, 0.6) is 0 Å². The molecule has 1 N–H and O–H groups in total. The number of anilines is 1. The van der Waals surface area contributed by atoms with Gasteiger partial charge in [-0.25, -0.2) is 17.8 Å². The van der Waals surface area contributed by atoms with Crippen LogP contribution in [0.1, 0.15) is 5.56 Å². The van der Waals surface area contributed by atoms with E-state index in [2.05, 4.69) is 10.3 Å². The molecule has 0 atom stereocenters. The maximum absolute atomic E-state index is 13.0. The predicted molar refractivity (Wildman–Crippen MR) is 103 cm³/mol. The number of rotatable bonds is 7. The van der Waals surface area contributed by atoms with E-state index in [0.717, 1.165) is 22.0 Å². The second kappa shape index (κ2) is 8.32. The summed E-state index contributed by atoms with van der Waals surface area (Å²) in [6, 6.07) is 11.7. The summed E-state index contributed by atoms with van der Waals surface area (Å²) in [6.45, 7) is 0.230. The van der Waals surface area contributed by atoms with Crippen LogP contribution in [0.2, 0.25) is 0 Å². The van der Waals surface area contributed by atoms with Crippen LogP contribution < -0.4 is 5.32 Å². The van der Waals surface area contributed by atoms with Crippen LogP contribution in [-0.4, -0.2) is 41.8 Å². The Bertz CT molecular complexity index is 1050. The zero-order valence-electron chi connectivity index (χ0n) is 15.1. The lowest BCUT2D eigenvalue weighted by Crippen LogP contribution is -2.35. The Morgan fingerprint density at radius 2 is 1.96 bits per heavy atom. The lowest BCUT2D eigenvalue weighted by molar-refractivity contribution is -0.116. The summed E-state index contributed by atoms with van der Waals surface area (Å²) < 4.78 is 40.8. The highest BCUT2D eigenvalue weighted by Crippen LogP contribution is 2.16. The van der Waals surface area contributed by atoms with Crippen molar-refractivity contribution in [3.63, 3.8) is 0 Å². The molecule has 0 aliphatic carbocycles. The fourth-order valence-corrected chi connectivity index (χ4v) is 3.74. The van der Waals surface area contributed by atoms with Crippen molar-refractivity contribution in [3.8, 4) is 0 Å². The van der Waals surface area contributed by atoms with Gasteiger partial charge in [0.25, 0.3) is 0 Å². The maximum Gasteiger partial charge on any atom is 0.243 e. The molecule has 0 spiro atoms. The Labute approximate surface area is 162 Å². The first-order chi connectivity index (χ1) is 13.3. The third kappa shape index (κ3) is 4.81. The zero-order valence-corrected chi connectivity index (χ0v) is 15.9. The summed E-state index contributed by atoms with van der Waals surface area (Å²) >= 11 is 0. The largest absolute Gasteiger partial charge is 0.333 e. The number of likely N-dealkylation sites (N-methyl/N-ethyl adjacent to an activating group) is 1. The van der Waals surface area contributed by atoms with Crippen LogP contribution in [0, 0.1) is 5.82 Å². The van der Waals surface area contributed by atoms with Gasteiger partial charge in [0.15, 0.2) is 0 Å². The van der Waals surface area contributed by atoms with Gasteiger partial charge in [0.05, 0.1) is 17.8 Å². The van der Waals surface area contributed by atoms with Crippen LogP contribution in [-0.2, 0) is 21.4 Å². The third-order valence-electron chi connectivity index (χ3n) is 4.02. The first-order valence-corrected chi connectivity index (χ1v) is 9.85. The summed E-state index contributed by atoms with van der Waals surface area (Å²) in [5.41, 5.74) is 1.53. The lowest BCUT2D eigenvalue weighted by atomic mass is 10.2. The average molecular weight is 402 g/mol. The standard InChI is InChI=1S/C19H19FN4O3S/c1-23(28(26,27)18-7-5-16(20)6-8-18)13-19(25)22-17-4-2-3-15(11-17)12-24-10-9-21-14-24/h2-11,14H,12-13H2,1H3,(H,22,25). The van der Waals surface area contributed by atoms with Crippen LogP contribution in [0.25, 0.3) is 0 Å². The topological polar surface area (TPSA) is 84.3 Å². The molecular weight excluding hydrogens is 383 g/mol. The molecule has 1 amide bonds. The van der Waals surface area contributed by atoms with Crippen molar-refractivity contribution in [1.29, 1.82) is 0 Å². The van der Waals surface area contributed by atoms with E-state index in [9.17, 15) is 17.6 Å². The number of carbonyl (C=O) groups excluding carboxylic acids is 1. The molecule has 28 heavy (non-hydrogen) atoms. The molecular formula is C19H19FN4O3S. The number of halogens is 1. The number of nitrogens with zero attached hydrogens (tertiary/aromatic N) is 3. The fraction of sp³-hybridized carbons (Fsp3) is 0.158. The number of carbonyl (C=O) groups is 1. The van der Waals surface area contributed by atoms with E-state index in [0.29, 0.717) is 12.2 Å². The van der Waals surface area contributed by atoms with Gasteiger partial charge >= 0.3 is 0 Å². The van der Waals surface area contributed by atoms with Gasteiger partial charge in [-0.3, -0.25) is 4.79 Å². The molecule has 3 aromatic rings. The molecule has 0 radical (unpaired) electrons. The molecule has 0 unspecified atom stereocenters. The Morgan fingerprint density at radius 1 is 1.21 bits per heavy atom. The van der Waals surface area contributed by atoms with Crippen molar-refractivity contribution in [2.24, 2.45) is 0 Å². The first-order valence-electron chi connectivity index (χ1n) is 8.41. The van der Waals surface area contributed by atoms with Crippen molar-refractivity contribution in [2.45, 2.75) is 11.4 Å². The number of amides is 1. The predicted octanol–water partition coefficient (Wildman–Crippen LogP) is 2.33. The summed E-state index contributed by atoms with van der Waals surface area (Å²) in [7, 11) is -2.59. The first kappa shape index (κ1) is 19.7. The monoisotopic (exact) mass is 402 g/mol. The minimum atomic E-state index is -3.89. The van der Waals surface area contributed by atoms with Gasteiger partial charge in [-0.05, 0) is 42.0 Å². The molecule has 0 fully saturated rings. The minimum Gasteiger partial charge on any atom is -0.333 e. The van der Waals surface area contributed by atoms with Crippen LogP contribution >= 0.6 is 0 Å². The zero-order chi connectivity index (χ0) is 20.1. The van der Waals surface area contributed by atoms with Crippen molar-refractivity contribution in [3.05, 3.63) is 78.6 Å². The van der Waals surface area contributed by atoms with Crippen LogP contribution in [0.4, 0.5) is 10.1 Å². The van der Waals surface area contributed by atoms with Gasteiger partial charge in [-0.1, -0.05) is 12.1 Å². The highest BCUT2D eigenvalue weighted by atomic mass is 32.2. The molecule has 0 aliphatic heterocycles. The smallest absolute Gasteiger partial charge is 0.243 e. The Hall–Kier alpha value is -3.04. The van der Waals surface area contributed by atoms with Crippen molar-refractivity contribution in [2.75, 3.05) is 18.9 Å². The van der Waals surface area contributed by atoms with Crippen molar-refractivity contribution >= 4 is 21.6 Å².